The van der Waals surface area contributed by atoms with Crippen molar-refractivity contribution < 1.29 is 9.59 Å². The summed E-state index contributed by atoms with van der Waals surface area (Å²) in [5.41, 5.74) is 2.75. The van der Waals surface area contributed by atoms with Gasteiger partial charge in [-0.15, -0.1) is 0 Å². The average Bonchev–Trinajstić information content (AvgIpc) is 3.20. The highest BCUT2D eigenvalue weighted by Crippen LogP contribution is 2.25. The number of hydrogen-bond donors (Lipinski definition) is 2. The zero-order chi connectivity index (χ0) is 19.8. The number of carbonyl (C=O) groups excluding carboxylic acids is 2. The summed E-state index contributed by atoms with van der Waals surface area (Å²) in [6.45, 7) is 5.59. The van der Waals surface area contributed by atoms with Crippen molar-refractivity contribution in [2.24, 2.45) is 0 Å². The van der Waals surface area contributed by atoms with Crippen molar-refractivity contribution in [1.29, 1.82) is 0 Å². The first kappa shape index (κ1) is 18.7. The Bertz CT molecular complexity index is 1050. The van der Waals surface area contributed by atoms with Gasteiger partial charge in [0.1, 0.15) is 5.69 Å². The number of fused-ring (bicyclic) bond motifs is 2. The van der Waals surface area contributed by atoms with E-state index in [1.165, 1.54) is 0 Å². The van der Waals surface area contributed by atoms with Crippen molar-refractivity contribution in [3.05, 3.63) is 51.9 Å². The number of aromatic nitrogens is 3. The fourth-order valence-corrected chi connectivity index (χ4v) is 3.97. The maximum atomic E-state index is 13.1. The number of nitrogens with zero attached hydrogens (tertiary/aromatic N) is 3. The van der Waals surface area contributed by atoms with Crippen LogP contribution in [0.4, 0.5) is 0 Å². The molecule has 28 heavy (non-hydrogen) atoms. The van der Waals surface area contributed by atoms with E-state index in [0.717, 1.165) is 27.5 Å². The molecule has 0 saturated carbocycles. The number of amides is 2. The summed E-state index contributed by atoms with van der Waals surface area (Å²) in [5, 5.41) is 8.28. The standard InChI is InChI=1S/C20H22BrN5O2/c1-12(2)22-19(27)16-10-14-11-25(7-4-8-26(14)24-16)20(28)17-9-13-5-3-6-15(21)18(13)23-17/h3,5-6,9-10,12,23H,4,7-8,11H2,1-2H3,(H,22,27). The Morgan fingerprint density at radius 3 is 2.82 bits per heavy atom. The molecule has 2 aromatic heterocycles. The minimum absolute atomic E-state index is 0.0495. The molecule has 1 aromatic carbocycles. The van der Waals surface area contributed by atoms with Crippen molar-refractivity contribution in [1.82, 2.24) is 25.0 Å². The number of halogens is 1. The zero-order valence-corrected chi connectivity index (χ0v) is 17.4. The smallest absolute Gasteiger partial charge is 0.271 e. The summed E-state index contributed by atoms with van der Waals surface area (Å²) in [4.78, 5) is 30.4. The van der Waals surface area contributed by atoms with Crippen molar-refractivity contribution in [2.45, 2.75) is 39.4 Å². The van der Waals surface area contributed by atoms with E-state index in [2.05, 4.69) is 31.3 Å². The first-order chi connectivity index (χ1) is 13.4. The number of nitrogens with one attached hydrogen (secondary N) is 2. The van der Waals surface area contributed by atoms with Crippen molar-refractivity contribution in [3.63, 3.8) is 0 Å². The fourth-order valence-electron chi connectivity index (χ4n) is 3.49. The van der Waals surface area contributed by atoms with Crippen LogP contribution < -0.4 is 5.32 Å². The van der Waals surface area contributed by atoms with Gasteiger partial charge < -0.3 is 15.2 Å². The molecule has 0 saturated heterocycles. The third-order valence-electron chi connectivity index (χ3n) is 4.79. The lowest BCUT2D eigenvalue weighted by Crippen LogP contribution is -2.31. The first-order valence-electron chi connectivity index (χ1n) is 9.36. The molecule has 1 aliphatic heterocycles. The molecular weight excluding hydrogens is 422 g/mol. The topological polar surface area (TPSA) is 83.0 Å². The second kappa shape index (κ2) is 7.43. The van der Waals surface area contributed by atoms with Crippen molar-refractivity contribution in [2.75, 3.05) is 6.54 Å². The number of carbonyl (C=O) groups is 2. The van der Waals surface area contributed by atoms with Crippen LogP contribution in [0.15, 0.2) is 34.8 Å². The van der Waals surface area contributed by atoms with Crippen LogP contribution in [-0.2, 0) is 13.1 Å². The lowest BCUT2D eigenvalue weighted by molar-refractivity contribution is 0.0740. The molecule has 0 atom stereocenters. The molecule has 0 aliphatic carbocycles. The predicted octanol–water partition coefficient (Wildman–Crippen LogP) is 3.31. The Hall–Kier alpha value is -2.61. The SMILES string of the molecule is CC(C)NC(=O)c1cc2n(n1)CCCN(C(=O)c1cc3cccc(Br)c3[nH]1)C2. The van der Waals surface area contributed by atoms with Gasteiger partial charge in [-0.25, -0.2) is 0 Å². The molecule has 7 nitrogen and oxygen atoms in total. The second-order valence-electron chi connectivity index (χ2n) is 7.34. The lowest BCUT2D eigenvalue weighted by Gasteiger charge is -2.19. The predicted molar refractivity (Wildman–Crippen MR) is 110 cm³/mol. The molecule has 0 spiro atoms. The van der Waals surface area contributed by atoms with Crippen LogP contribution in [0.2, 0.25) is 0 Å². The van der Waals surface area contributed by atoms with E-state index in [9.17, 15) is 9.59 Å². The second-order valence-corrected chi connectivity index (χ2v) is 8.19. The van der Waals surface area contributed by atoms with Gasteiger partial charge in [0.25, 0.3) is 11.8 Å². The molecule has 2 N–H and O–H groups in total. The summed E-state index contributed by atoms with van der Waals surface area (Å²) in [6, 6.07) is 9.58. The Labute approximate surface area is 171 Å². The van der Waals surface area contributed by atoms with Gasteiger partial charge in [0.15, 0.2) is 5.69 Å². The molecule has 0 unspecified atom stereocenters. The van der Waals surface area contributed by atoms with Crippen LogP contribution in [0.5, 0.6) is 0 Å². The highest BCUT2D eigenvalue weighted by molar-refractivity contribution is 9.10. The molecule has 8 heteroatoms. The maximum Gasteiger partial charge on any atom is 0.271 e. The monoisotopic (exact) mass is 443 g/mol. The number of para-hydroxylation sites is 1. The largest absolute Gasteiger partial charge is 0.350 e. The molecule has 1 aliphatic rings. The van der Waals surface area contributed by atoms with Gasteiger partial charge in [-0.1, -0.05) is 12.1 Å². The van der Waals surface area contributed by atoms with Gasteiger partial charge in [0, 0.05) is 29.0 Å². The van der Waals surface area contributed by atoms with Crippen LogP contribution in [0.3, 0.4) is 0 Å². The third kappa shape index (κ3) is 3.56. The number of H-pyrrole nitrogens is 1. The zero-order valence-electron chi connectivity index (χ0n) is 15.8. The van der Waals surface area contributed by atoms with Crippen LogP contribution in [-0.4, -0.2) is 44.1 Å². The summed E-state index contributed by atoms with van der Waals surface area (Å²) in [5.74, 6) is -0.236. The van der Waals surface area contributed by atoms with E-state index < -0.39 is 0 Å². The average molecular weight is 444 g/mol. The molecule has 146 valence electrons. The minimum atomic E-state index is -0.186. The first-order valence-corrected chi connectivity index (χ1v) is 10.2. The Balaban J connectivity index is 1.58. The van der Waals surface area contributed by atoms with Gasteiger partial charge in [0.05, 0.1) is 17.8 Å². The highest BCUT2D eigenvalue weighted by Gasteiger charge is 2.24. The summed E-state index contributed by atoms with van der Waals surface area (Å²) in [7, 11) is 0. The fraction of sp³-hybridized carbons (Fsp3) is 0.350. The summed E-state index contributed by atoms with van der Waals surface area (Å²) < 4.78 is 2.77. The van der Waals surface area contributed by atoms with Crippen LogP contribution >= 0.6 is 15.9 Å². The third-order valence-corrected chi connectivity index (χ3v) is 5.45. The van der Waals surface area contributed by atoms with E-state index in [4.69, 9.17) is 0 Å². The van der Waals surface area contributed by atoms with E-state index in [1.54, 1.807) is 6.07 Å². The normalized spacial score (nSPS) is 14.2. The molecular formula is C20H22BrN5O2. The van der Waals surface area contributed by atoms with Gasteiger partial charge in [-0.3, -0.25) is 14.3 Å². The van der Waals surface area contributed by atoms with Gasteiger partial charge >= 0.3 is 0 Å². The molecule has 2 amide bonds. The van der Waals surface area contributed by atoms with Crippen LogP contribution in [0.25, 0.3) is 10.9 Å². The highest BCUT2D eigenvalue weighted by atomic mass is 79.9. The number of rotatable bonds is 3. The number of benzene rings is 1. The van der Waals surface area contributed by atoms with Gasteiger partial charge in [-0.05, 0) is 54.4 Å². The van der Waals surface area contributed by atoms with E-state index in [1.807, 2.05) is 47.7 Å². The van der Waals surface area contributed by atoms with E-state index >= 15 is 0 Å². The number of hydrogen-bond acceptors (Lipinski definition) is 3. The quantitative estimate of drug-likeness (QED) is 0.651. The Kier molecular flexibility index (Phi) is 4.97. The summed E-state index contributed by atoms with van der Waals surface area (Å²) in [6.07, 6.45) is 0.787. The Morgan fingerprint density at radius 1 is 1.25 bits per heavy atom. The number of aryl methyl sites for hydroxylation is 1. The van der Waals surface area contributed by atoms with E-state index in [-0.39, 0.29) is 17.9 Å². The van der Waals surface area contributed by atoms with Crippen LogP contribution in [0, 0.1) is 0 Å². The summed E-state index contributed by atoms with van der Waals surface area (Å²) >= 11 is 3.52. The minimum Gasteiger partial charge on any atom is -0.350 e. The van der Waals surface area contributed by atoms with Gasteiger partial charge in [-0.2, -0.15) is 5.10 Å². The number of aromatic amines is 1. The van der Waals surface area contributed by atoms with Crippen LogP contribution in [0.1, 0.15) is 46.9 Å². The molecule has 3 aromatic rings. The molecule has 0 fully saturated rings. The van der Waals surface area contributed by atoms with E-state index in [0.29, 0.717) is 31.0 Å². The van der Waals surface area contributed by atoms with Crippen molar-refractivity contribution >= 4 is 38.6 Å². The lowest BCUT2D eigenvalue weighted by atomic mass is 10.2. The maximum absolute atomic E-state index is 13.1. The molecule has 0 bridgehead atoms. The molecule has 4 rings (SSSR count). The molecule has 0 radical (unpaired) electrons. The van der Waals surface area contributed by atoms with Gasteiger partial charge in [0.2, 0.25) is 0 Å². The molecule has 3 heterocycles. The van der Waals surface area contributed by atoms with Crippen molar-refractivity contribution in [3.8, 4) is 0 Å². The Morgan fingerprint density at radius 2 is 2.07 bits per heavy atom.